The summed E-state index contributed by atoms with van der Waals surface area (Å²) in [4.78, 5) is 3.33. The highest BCUT2D eigenvalue weighted by Crippen LogP contribution is 2.26. The third-order valence-electron chi connectivity index (χ3n) is 2.31. The molecule has 0 bridgehead atoms. The molecule has 1 aromatic rings. The van der Waals surface area contributed by atoms with Crippen molar-refractivity contribution in [3.8, 4) is 0 Å². The van der Waals surface area contributed by atoms with Crippen LogP contribution in [0.4, 0.5) is 13.2 Å². The summed E-state index contributed by atoms with van der Waals surface area (Å²) in [6.07, 6.45) is -3.41. The summed E-state index contributed by atoms with van der Waals surface area (Å²) in [6.45, 7) is 4.08. The molecule has 4 nitrogen and oxygen atoms in total. The van der Waals surface area contributed by atoms with Gasteiger partial charge in [0.25, 0.3) is 5.82 Å². The van der Waals surface area contributed by atoms with Crippen molar-refractivity contribution >= 4 is 0 Å². The predicted octanol–water partition coefficient (Wildman–Crippen LogP) is 2.26. The van der Waals surface area contributed by atoms with Gasteiger partial charge in [0.05, 0.1) is 0 Å². The third-order valence-corrected chi connectivity index (χ3v) is 2.31. The van der Waals surface area contributed by atoms with Crippen molar-refractivity contribution in [2.75, 3.05) is 7.05 Å². The van der Waals surface area contributed by atoms with Crippen LogP contribution in [0.1, 0.15) is 32.0 Å². The van der Waals surface area contributed by atoms with Gasteiger partial charge in [0.1, 0.15) is 0 Å². The third kappa shape index (κ3) is 4.33. The van der Waals surface area contributed by atoms with Crippen LogP contribution in [0.3, 0.4) is 0 Å². The molecule has 1 rings (SSSR count). The van der Waals surface area contributed by atoms with E-state index < -0.39 is 12.0 Å². The van der Waals surface area contributed by atoms with Crippen LogP contribution < -0.4 is 5.32 Å². The van der Waals surface area contributed by atoms with Crippen LogP contribution in [0, 0.1) is 5.92 Å². The lowest BCUT2D eigenvalue weighted by Crippen LogP contribution is -2.29. The minimum absolute atomic E-state index is 0.0114. The largest absolute Gasteiger partial charge is 0.455 e. The Morgan fingerprint density at radius 3 is 2.41 bits per heavy atom. The number of hydrogen-bond donors (Lipinski definition) is 1. The van der Waals surface area contributed by atoms with Crippen molar-refractivity contribution in [2.45, 2.75) is 38.9 Å². The Bertz CT molecular complexity index is 349. The van der Waals surface area contributed by atoms with Crippen molar-refractivity contribution in [1.82, 2.24) is 15.5 Å². The summed E-state index contributed by atoms with van der Waals surface area (Å²) in [7, 11) is 1.76. The Balaban J connectivity index is 2.65. The molecule has 0 saturated heterocycles. The molecular weight excluding hydrogens is 235 g/mol. The average Bonchev–Trinajstić information content (AvgIpc) is 2.63. The number of nitrogens with one attached hydrogen (secondary N) is 1. The molecule has 7 heteroatoms. The number of likely N-dealkylation sites (N-methyl/N-ethyl adjacent to an activating group) is 1. The maximum Gasteiger partial charge on any atom is 0.455 e. The number of hydrogen-bond acceptors (Lipinski definition) is 4. The quantitative estimate of drug-likeness (QED) is 0.872. The topological polar surface area (TPSA) is 51.0 Å². The molecule has 1 heterocycles. The average molecular weight is 251 g/mol. The highest BCUT2D eigenvalue weighted by atomic mass is 19.4. The van der Waals surface area contributed by atoms with Gasteiger partial charge in [-0.1, -0.05) is 19.0 Å². The zero-order chi connectivity index (χ0) is 13.1. The van der Waals surface area contributed by atoms with E-state index in [4.69, 9.17) is 0 Å². The second kappa shape index (κ2) is 5.48. The van der Waals surface area contributed by atoms with Gasteiger partial charge in [0.15, 0.2) is 0 Å². The smallest absolute Gasteiger partial charge is 0.339 e. The molecule has 0 aliphatic carbocycles. The lowest BCUT2D eigenvalue weighted by Gasteiger charge is -2.15. The second-order valence-corrected chi connectivity index (χ2v) is 4.33. The van der Waals surface area contributed by atoms with Crippen LogP contribution in [-0.4, -0.2) is 23.2 Å². The van der Waals surface area contributed by atoms with Gasteiger partial charge in [-0.05, 0) is 19.4 Å². The van der Waals surface area contributed by atoms with E-state index in [1.165, 1.54) is 0 Å². The Labute approximate surface area is 97.6 Å². The fourth-order valence-corrected chi connectivity index (χ4v) is 1.54. The molecule has 1 N–H and O–H groups in total. The van der Waals surface area contributed by atoms with Crippen LogP contribution in [0.25, 0.3) is 0 Å². The monoisotopic (exact) mass is 251 g/mol. The summed E-state index contributed by atoms with van der Waals surface area (Å²) in [6, 6.07) is 0.0385. The molecule has 17 heavy (non-hydrogen) atoms. The molecule has 1 atom stereocenters. The summed E-state index contributed by atoms with van der Waals surface area (Å²) < 4.78 is 41.3. The molecule has 0 aliphatic heterocycles. The minimum Gasteiger partial charge on any atom is -0.339 e. The van der Waals surface area contributed by atoms with Crippen LogP contribution in [-0.2, 0) is 12.6 Å². The predicted molar refractivity (Wildman–Crippen MR) is 55.3 cm³/mol. The normalized spacial score (nSPS) is 14.3. The van der Waals surface area contributed by atoms with E-state index in [1.807, 2.05) is 13.8 Å². The summed E-state index contributed by atoms with van der Waals surface area (Å²) in [5.41, 5.74) is 0. The SMILES string of the molecule is CNC(Cc1nc(C(F)(F)F)no1)CC(C)C. The first kappa shape index (κ1) is 14.0. The highest BCUT2D eigenvalue weighted by Gasteiger charge is 2.37. The van der Waals surface area contributed by atoms with Crippen molar-refractivity contribution in [3.05, 3.63) is 11.7 Å². The van der Waals surface area contributed by atoms with E-state index in [-0.39, 0.29) is 11.9 Å². The molecule has 1 aromatic heterocycles. The first-order valence-corrected chi connectivity index (χ1v) is 5.40. The molecule has 0 saturated carbocycles. The summed E-state index contributed by atoms with van der Waals surface area (Å²) >= 11 is 0. The van der Waals surface area contributed by atoms with Crippen molar-refractivity contribution in [3.63, 3.8) is 0 Å². The van der Waals surface area contributed by atoms with Crippen molar-refractivity contribution in [2.24, 2.45) is 5.92 Å². The number of halogens is 3. The number of alkyl halides is 3. The Kier molecular flexibility index (Phi) is 4.50. The fraction of sp³-hybridized carbons (Fsp3) is 0.800. The molecule has 0 spiro atoms. The first-order chi connectivity index (χ1) is 7.82. The van der Waals surface area contributed by atoms with Crippen LogP contribution >= 0.6 is 0 Å². The fourth-order valence-electron chi connectivity index (χ4n) is 1.54. The van der Waals surface area contributed by atoms with Crippen molar-refractivity contribution in [1.29, 1.82) is 0 Å². The van der Waals surface area contributed by atoms with E-state index in [1.54, 1.807) is 7.05 Å². The molecular formula is C10H16F3N3O. The summed E-state index contributed by atoms with van der Waals surface area (Å²) in [5.74, 6) is -0.762. The highest BCUT2D eigenvalue weighted by molar-refractivity contribution is 4.93. The standard InChI is InChI=1S/C10H16F3N3O/c1-6(2)4-7(14-3)5-8-15-9(16-17-8)10(11,12)13/h6-7,14H,4-5H2,1-3H3. The molecule has 1 unspecified atom stereocenters. The Morgan fingerprint density at radius 2 is 2.00 bits per heavy atom. The second-order valence-electron chi connectivity index (χ2n) is 4.33. The van der Waals surface area contributed by atoms with Crippen molar-refractivity contribution < 1.29 is 17.7 Å². The van der Waals surface area contributed by atoms with Crippen LogP contribution in [0.2, 0.25) is 0 Å². The molecule has 0 aromatic carbocycles. The minimum atomic E-state index is -4.55. The first-order valence-electron chi connectivity index (χ1n) is 5.40. The van der Waals surface area contributed by atoms with Crippen LogP contribution in [0.5, 0.6) is 0 Å². The molecule has 0 radical (unpaired) electrons. The molecule has 0 amide bonds. The number of rotatable bonds is 5. The maximum absolute atomic E-state index is 12.2. The zero-order valence-electron chi connectivity index (χ0n) is 10.0. The van der Waals surface area contributed by atoms with Gasteiger partial charge in [-0.15, -0.1) is 0 Å². The molecule has 98 valence electrons. The summed E-state index contributed by atoms with van der Waals surface area (Å²) in [5, 5.41) is 5.94. The lowest BCUT2D eigenvalue weighted by molar-refractivity contribution is -0.146. The zero-order valence-corrected chi connectivity index (χ0v) is 10.0. The van der Waals surface area contributed by atoms with E-state index in [0.717, 1.165) is 6.42 Å². The molecule has 0 fully saturated rings. The maximum atomic E-state index is 12.2. The lowest BCUT2D eigenvalue weighted by atomic mass is 10.0. The van der Waals surface area contributed by atoms with E-state index in [2.05, 4.69) is 20.0 Å². The van der Waals surface area contributed by atoms with Gasteiger partial charge in [0.2, 0.25) is 5.89 Å². The van der Waals surface area contributed by atoms with Gasteiger partial charge in [-0.3, -0.25) is 0 Å². The van der Waals surface area contributed by atoms with Crippen LogP contribution in [0.15, 0.2) is 4.52 Å². The van der Waals surface area contributed by atoms with Gasteiger partial charge >= 0.3 is 6.18 Å². The van der Waals surface area contributed by atoms with E-state index >= 15 is 0 Å². The molecule has 0 aliphatic rings. The van der Waals surface area contributed by atoms with Gasteiger partial charge in [0, 0.05) is 12.5 Å². The van der Waals surface area contributed by atoms with Gasteiger partial charge < -0.3 is 9.84 Å². The van der Waals surface area contributed by atoms with Gasteiger partial charge in [-0.25, -0.2) is 0 Å². The van der Waals surface area contributed by atoms with Gasteiger partial charge in [-0.2, -0.15) is 18.2 Å². The Hall–Kier alpha value is -1.11. The van der Waals surface area contributed by atoms with E-state index in [0.29, 0.717) is 12.3 Å². The van der Waals surface area contributed by atoms with E-state index in [9.17, 15) is 13.2 Å². The number of nitrogens with zero attached hydrogens (tertiary/aromatic N) is 2. The number of aromatic nitrogens is 2. The Morgan fingerprint density at radius 1 is 1.35 bits per heavy atom.